The van der Waals surface area contributed by atoms with Crippen molar-refractivity contribution in [2.45, 2.75) is 156 Å². The summed E-state index contributed by atoms with van der Waals surface area (Å²) in [5.41, 5.74) is 9.63. The first-order valence-electron chi connectivity index (χ1n) is 20.3. The second-order valence-electron chi connectivity index (χ2n) is 15.7. The van der Waals surface area contributed by atoms with Gasteiger partial charge in [-0.1, -0.05) is 103 Å². The average Bonchev–Trinajstić information content (AvgIpc) is 3.52. The normalized spacial score (nSPS) is 20.0. The van der Waals surface area contributed by atoms with Gasteiger partial charge in [-0.05, 0) is 107 Å². The van der Waals surface area contributed by atoms with Gasteiger partial charge in [-0.2, -0.15) is 0 Å². The van der Waals surface area contributed by atoms with Crippen molar-refractivity contribution in [3.05, 3.63) is 70.3 Å². The van der Waals surface area contributed by atoms with Gasteiger partial charge in [-0.3, -0.25) is 4.99 Å². The van der Waals surface area contributed by atoms with E-state index in [1.54, 1.807) is 12.1 Å². The van der Waals surface area contributed by atoms with Crippen LogP contribution in [0.5, 0.6) is 0 Å². The fourth-order valence-electron chi connectivity index (χ4n) is 8.94. The molecule has 0 amide bonds. The van der Waals surface area contributed by atoms with E-state index < -0.39 is 0 Å². The molecule has 0 saturated carbocycles. The monoisotopic (exact) mass is 671 g/mol. The van der Waals surface area contributed by atoms with Crippen LogP contribution in [0, 0.1) is 24.6 Å². The Morgan fingerprint density at radius 2 is 1.53 bits per heavy atom. The van der Waals surface area contributed by atoms with Crippen molar-refractivity contribution in [1.29, 1.82) is 0 Å². The van der Waals surface area contributed by atoms with Crippen molar-refractivity contribution in [3.63, 3.8) is 0 Å². The minimum atomic E-state index is -0.140. The number of halogens is 1. The fourth-order valence-corrected chi connectivity index (χ4v) is 8.94. The van der Waals surface area contributed by atoms with Gasteiger partial charge in [0.25, 0.3) is 0 Å². The Bertz CT molecular complexity index is 1360. The second-order valence-corrected chi connectivity index (χ2v) is 15.7. The lowest BCUT2D eigenvalue weighted by Crippen LogP contribution is -2.43. The first-order valence-corrected chi connectivity index (χ1v) is 20.3. The van der Waals surface area contributed by atoms with Crippen molar-refractivity contribution >= 4 is 11.5 Å². The van der Waals surface area contributed by atoms with Crippen LogP contribution in [0.1, 0.15) is 159 Å². The van der Waals surface area contributed by atoms with E-state index in [1.807, 2.05) is 6.92 Å². The molecule has 0 N–H and O–H groups in total. The van der Waals surface area contributed by atoms with Crippen LogP contribution in [0.2, 0.25) is 0 Å². The number of likely N-dealkylation sites (tertiary alicyclic amines) is 1. The van der Waals surface area contributed by atoms with Crippen LogP contribution in [0.25, 0.3) is 0 Å². The molecule has 2 saturated heterocycles. The quantitative estimate of drug-likeness (QED) is 0.102. The molecular formula is C44H67FN4. The zero-order valence-corrected chi connectivity index (χ0v) is 31.6. The molecule has 0 radical (unpaired) electrons. The van der Waals surface area contributed by atoms with E-state index in [0.29, 0.717) is 18.4 Å². The Kier molecular flexibility index (Phi) is 14.8. The number of hydrogen-bond acceptors (Lipinski definition) is 4. The SMILES string of the molecule is C=C(CCCCCCCCCCCCCCC)CC1CCCN2C(=C)C(CCN3CCC(C4=NCc5cc(F)cc(C)c54)CC3)=C(C)N=C12. The largest absolute Gasteiger partial charge is 0.330 e. The third kappa shape index (κ3) is 10.5. The van der Waals surface area contributed by atoms with E-state index in [-0.39, 0.29) is 5.82 Å². The van der Waals surface area contributed by atoms with Crippen molar-refractivity contribution in [2.24, 2.45) is 21.8 Å². The molecule has 0 aromatic heterocycles. The molecule has 1 aromatic rings. The first kappa shape index (κ1) is 37.7. The van der Waals surface area contributed by atoms with E-state index in [0.717, 1.165) is 69.4 Å². The Hall–Kier alpha value is -2.53. The summed E-state index contributed by atoms with van der Waals surface area (Å²) in [6.07, 6.45) is 26.1. The third-order valence-corrected chi connectivity index (χ3v) is 11.8. The Morgan fingerprint density at radius 3 is 2.20 bits per heavy atom. The van der Waals surface area contributed by atoms with Gasteiger partial charge in [0.1, 0.15) is 11.7 Å². The van der Waals surface area contributed by atoms with Crippen LogP contribution in [0.4, 0.5) is 4.39 Å². The number of aliphatic imine (C=N–C) groups is 2. The lowest BCUT2D eigenvalue weighted by Gasteiger charge is -2.41. The Morgan fingerprint density at radius 1 is 0.878 bits per heavy atom. The van der Waals surface area contributed by atoms with E-state index in [9.17, 15) is 4.39 Å². The average molecular weight is 671 g/mol. The summed E-state index contributed by atoms with van der Waals surface area (Å²) in [5, 5.41) is 0. The highest BCUT2D eigenvalue weighted by Gasteiger charge is 2.34. The lowest BCUT2D eigenvalue weighted by atomic mass is 9.85. The van der Waals surface area contributed by atoms with Crippen molar-refractivity contribution in [2.75, 3.05) is 26.2 Å². The van der Waals surface area contributed by atoms with E-state index in [1.165, 1.54) is 136 Å². The molecule has 270 valence electrons. The molecule has 5 rings (SSSR count). The number of hydrogen-bond donors (Lipinski definition) is 0. The molecule has 4 heterocycles. The highest BCUT2D eigenvalue weighted by molar-refractivity contribution is 6.06. The summed E-state index contributed by atoms with van der Waals surface area (Å²) in [5.74, 6) is 2.06. The molecular weight excluding hydrogens is 604 g/mol. The minimum absolute atomic E-state index is 0.140. The summed E-state index contributed by atoms with van der Waals surface area (Å²) < 4.78 is 13.9. The molecule has 0 aliphatic carbocycles. The lowest BCUT2D eigenvalue weighted by molar-refractivity contribution is 0.211. The molecule has 4 nitrogen and oxygen atoms in total. The molecule has 4 aliphatic heterocycles. The number of aryl methyl sites for hydroxylation is 1. The standard InChI is InChI=1S/C44H67FN4/c1-6-7-8-9-10-11-12-13-14-15-16-17-18-20-33(2)29-38-21-19-25-49-36(5)41(35(4)47-44(38)49)24-28-48-26-22-37(23-27-48)43-42-34(3)30-40(45)31-39(42)32-46-43/h30-31,37-38H,2,5-29,32H2,1,3-4H3. The van der Waals surface area contributed by atoms with Crippen LogP contribution in [0.15, 0.2) is 57.8 Å². The Balaban J connectivity index is 1.01. The maximum atomic E-state index is 13.9. The zero-order chi connectivity index (χ0) is 34.6. The summed E-state index contributed by atoms with van der Waals surface area (Å²) in [4.78, 5) is 15.2. The number of piperidine rings is 2. The van der Waals surface area contributed by atoms with Crippen molar-refractivity contribution in [1.82, 2.24) is 9.80 Å². The van der Waals surface area contributed by atoms with Crippen molar-refractivity contribution in [3.8, 4) is 0 Å². The highest BCUT2D eigenvalue weighted by Crippen LogP contribution is 2.37. The minimum Gasteiger partial charge on any atom is -0.330 e. The van der Waals surface area contributed by atoms with Gasteiger partial charge >= 0.3 is 0 Å². The number of amidine groups is 1. The zero-order valence-electron chi connectivity index (χ0n) is 31.6. The fraction of sp³-hybridized carbons (Fsp3) is 0.682. The van der Waals surface area contributed by atoms with Crippen LogP contribution >= 0.6 is 0 Å². The number of rotatable bonds is 20. The van der Waals surface area contributed by atoms with E-state index in [4.69, 9.17) is 9.98 Å². The van der Waals surface area contributed by atoms with Gasteiger partial charge in [0.2, 0.25) is 0 Å². The van der Waals surface area contributed by atoms with Gasteiger partial charge in [0.05, 0.1) is 6.54 Å². The van der Waals surface area contributed by atoms with Gasteiger partial charge in [0.15, 0.2) is 0 Å². The molecule has 49 heavy (non-hydrogen) atoms. The maximum absolute atomic E-state index is 13.9. The summed E-state index contributed by atoms with van der Waals surface area (Å²) in [6, 6.07) is 3.34. The summed E-state index contributed by atoms with van der Waals surface area (Å²) in [7, 11) is 0. The van der Waals surface area contributed by atoms with Gasteiger partial charge < -0.3 is 9.80 Å². The van der Waals surface area contributed by atoms with Crippen molar-refractivity contribution < 1.29 is 4.39 Å². The molecule has 2 fully saturated rings. The summed E-state index contributed by atoms with van der Waals surface area (Å²) >= 11 is 0. The first-order chi connectivity index (χ1) is 23.9. The van der Waals surface area contributed by atoms with Gasteiger partial charge in [-0.25, -0.2) is 9.38 Å². The van der Waals surface area contributed by atoms with E-state index >= 15 is 0 Å². The summed E-state index contributed by atoms with van der Waals surface area (Å²) in [6.45, 7) is 20.6. The second kappa shape index (κ2) is 19.2. The molecule has 1 unspecified atom stereocenters. The topological polar surface area (TPSA) is 31.2 Å². The Labute approximate surface area is 299 Å². The molecule has 0 bridgehead atoms. The number of benzene rings is 1. The van der Waals surface area contributed by atoms with Crippen LogP contribution in [-0.4, -0.2) is 47.5 Å². The smallest absolute Gasteiger partial charge is 0.123 e. The van der Waals surface area contributed by atoms with Crippen LogP contribution in [-0.2, 0) is 6.54 Å². The molecule has 1 atom stereocenters. The van der Waals surface area contributed by atoms with Crippen LogP contribution < -0.4 is 0 Å². The molecule has 4 aliphatic rings. The number of unbranched alkanes of at least 4 members (excludes halogenated alkanes) is 12. The molecule has 1 aromatic carbocycles. The number of nitrogens with zero attached hydrogens (tertiary/aromatic N) is 4. The molecule has 0 spiro atoms. The highest BCUT2D eigenvalue weighted by atomic mass is 19.1. The number of allylic oxidation sites excluding steroid dienone is 3. The third-order valence-electron chi connectivity index (χ3n) is 11.8. The molecule has 5 heteroatoms. The maximum Gasteiger partial charge on any atom is 0.123 e. The predicted molar refractivity (Wildman–Crippen MR) is 208 cm³/mol. The van der Waals surface area contributed by atoms with E-state index in [2.05, 4.69) is 36.8 Å². The van der Waals surface area contributed by atoms with Gasteiger partial charge in [0, 0.05) is 47.6 Å². The number of fused-ring (bicyclic) bond motifs is 2. The van der Waals surface area contributed by atoms with Gasteiger partial charge in [-0.15, -0.1) is 0 Å². The predicted octanol–water partition coefficient (Wildman–Crippen LogP) is 11.9. The van der Waals surface area contributed by atoms with Crippen LogP contribution in [0.3, 0.4) is 0 Å².